The monoisotopic (exact) mass is 391 g/mol. The van der Waals surface area contributed by atoms with Crippen LogP contribution < -0.4 is 15.8 Å². The number of carbonyl (C=O) groups excluding carboxylic acids is 3. The van der Waals surface area contributed by atoms with Gasteiger partial charge in [0.15, 0.2) is 0 Å². The average molecular weight is 391 g/mol. The number of hydrogen-bond donors (Lipinski definition) is 2. The van der Waals surface area contributed by atoms with Crippen molar-refractivity contribution >= 4 is 17.9 Å². The van der Waals surface area contributed by atoms with Crippen LogP contribution in [-0.4, -0.2) is 54.6 Å². The Balaban J connectivity index is 1.79. The highest BCUT2D eigenvalue weighted by atomic mass is 16.6. The van der Waals surface area contributed by atoms with Gasteiger partial charge in [-0.25, -0.2) is 4.79 Å². The van der Waals surface area contributed by atoms with E-state index in [2.05, 4.69) is 5.32 Å². The molecule has 154 valence electrons. The first-order valence-electron chi connectivity index (χ1n) is 9.41. The first kappa shape index (κ1) is 21.5. The largest absolute Gasteiger partial charge is 0.493 e. The third kappa shape index (κ3) is 7.09. The predicted octanol–water partition coefficient (Wildman–Crippen LogP) is 1.93. The Bertz CT molecular complexity index is 706. The number of benzene rings is 1. The molecule has 8 nitrogen and oxygen atoms in total. The van der Waals surface area contributed by atoms with Gasteiger partial charge in [0.2, 0.25) is 5.91 Å². The fourth-order valence-corrected chi connectivity index (χ4v) is 2.82. The molecule has 0 radical (unpaired) electrons. The first-order valence-corrected chi connectivity index (χ1v) is 9.41. The number of nitrogens with zero attached hydrogens (tertiary/aromatic N) is 1. The second kappa shape index (κ2) is 9.43. The molecule has 0 saturated carbocycles. The van der Waals surface area contributed by atoms with Crippen LogP contribution >= 0.6 is 0 Å². The number of carbonyl (C=O) groups is 3. The van der Waals surface area contributed by atoms with Gasteiger partial charge in [0.25, 0.3) is 5.91 Å². The molecule has 2 rings (SSSR count). The Hall–Kier alpha value is -2.77. The van der Waals surface area contributed by atoms with Crippen LogP contribution in [0.4, 0.5) is 4.79 Å². The number of rotatable bonds is 6. The molecule has 1 heterocycles. The molecule has 3 N–H and O–H groups in total. The van der Waals surface area contributed by atoms with Crippen molar-refractivity contribution in [3.63, 3.8) is 0 Å². The Morgan fingerprint density at radius 3 is 2.50 bits per heavy atom. The molecule has 8 heteroatoms. The molecule has 1 aliphatic rings. The van der Waals surface area contributed by atoms with Gasteiger partial charge in [0.05, 0.1) is 13.2 Å². The minimum Gasteiger partial charge on any atom is -0.493 e. The van der Waals surface area contributed by atoms with Crippen LogP contribution in [0.3, 0.4) is 0 Å². The van der Waals surface area contributed by atoms with E-state index in [1.807, 2.05) is 20.8 Å². The summed E-state index contributed by atoms with van der Waals surface area (Å²) in [5.41, 5.74) is 4.93. The maximum absolute atomic E-state index is 12.1. The van der Waals surface area contributed by atoms with Gasteiger partial charge in [0, 0.05) is 18.7 Å². The maximum atomic E-state index is 12.1. The number of ether oxygens (including phenoxy) is 2. The second-order valence-electron chi connectivity index (χ2n) is 7.90. The van der Waals surface area contributed by atoms with Crippen molar-refractivity contribution in [1.82, 2.24) is 10.2 Å². The molecule has 0 aromatic heterocycles. The molecule has 1 aliphatic heterocycles. The van der Waals surface area contributed by atoms with Crippen molar-refractivity contribution in [1.29, 1.82) is 0 Å². The van der Waals surface area contributed by atoms with Gasteiger partial charge in [-0.3, -0.25) is 9.59 Å². The van der Waals surface area contributed by atoms with E-state index in [4.69, 9.17) is 15.2 Å². The van der Waals surface area contributed by atoms with Crippen molar-refractivity contribution in [2.24, 2.45) is 11.7 Å². The van der Waals surface area contributed by atoms with Crippen LogP contribution in [0.5, 0.6) is 5.75 Å². The van der Waals surface area contributed by atoms with E-state index in [1.165, 1.54) is 0 Å². The van der Waals surface area contributed by atoms with Gasteiger partial charge < -0.3 is 25.4 Å². The summed E-state index contributed by atoms with van der Waals surface area (Å²) in [5, 5.41) is 2.44. The molecule has 1 fully saturated rings. The zero-order chi connectivity index (χ0) is 20.7. The summed E-state index contributed by atoms with van der Waals surface area (Å²) < 4.78 is 11.2. The van der Waals surface area contributed by atoms with E-state index >= 15 is 0 Å². The standard InChI is InChI=1S/C20H29N3O5/c1-20(2,3)28-19(26)23-9-7-14(8-10-23)13-27-16-6-4-5-15(11-16)18(25)22-12-17(21)24/h4-6,11,14H,7-10,12-13H2,1-3H3,(H2,21,24)(H,22,25). The summed E-state index contributed by atoms with van der Waals surface area (Å²) in [6.07, 6.45) is 1.39. The molecule has 0 spiro atoms. The quantitative estimate of drug-likeness (QED) is 0.770. The van der Waals surface area contributed by atoms with Gasteiger partial charge in [-0.15, -0.1) is 0 Å². The molecule has 3 amide bonds. The van der Waals surface area contributed by atoms with Crippen molar-refractivity contribution in [3.05, 3.63) is 29.8 Å². The molecule has 1 aromatic rings. The average Bonchev–Trinajstić information content (AvgIpc) is 2.63. The fourth-order valence-electron chi connectivity index (χ4n) is 2.82. The highest BCUT2D eigenvalue weighted by molar-refractivity contribution is 5.96. The maximum Gasteiger partial charge on any atom is 0.410 e. The zero-order valence-electron chi connectivity index (χ0n) is 16.7. The van der Waals surface area contributed by atoms with E-state index in [0.29, 0.717) is 36.9 Å². The first-order chi connectivity index (χ1) is 13.1. The SMILES string of the molecule is CC(C)(C)OC(=O)N1CCC(COc2cccc(C(=O)NCC(N)=O)c2)CC1. The predicted molar refractivity (Wildman–Crippen MR) is 104 cm³/mol. The van der Waals surface area contributed by atoms with Crippen LogP contribution in [0.2, 0.25) is 0 Å². The van der Waals surface area contributed by atoms with Crippen molar-refractivity contribution in [2.75, 3.05) is 26.2 Å². The molecule has 0 aliphatic carbocycles. The number of primary amides is 1. The number of nitrogens with one attached hydrogen (secondary N) is 1. The number of nitrogens with two attached hydrogens (primary N) is 1. The molecule has 28 heavy (non-hydrogen) atoms. The lowest BCUT2D eigenvalue weighted by atomic mass is 9.98. The minimum atomic E-state index is -0.599. The fraction of sp³-hybridized carbons (Fsp3) is 0.550. The second-order valence-corrected chi connectivity index (χ2v) is 7.90. The number of likely N-dealkylation sites (tertiary alicyclic amines) is 1. The van der Waals surface area contributed by atoms with E-state index in [0.717, 1.165) is 12.8 Å². The highest BCUT2D eigenvalue weighted by Crippen LogP contribution is 2.22. The lowest BCUT2D eigenvalue weighted by molar-refractivity contribution is -0.117. The van der Waals surface area contributed by atoms with E-state index < -0.39 is 11.5 Å². The number of amides is 3. The van der Waals surface area contributed by atoms with E-state index in [9.17, 15) is 14.4 Å². The van der Waals surface area contributed by atoms with Crippen LogP contribution in [0, 0.1) is 5.92 Å². The lowest BCUT2D eigenvalue weighted by Crippen LogP contribution is -2.42. The summed E-state index contributed by atoms with van der Waals surface area (Å²) >= 11 is 0. The van der Waals surface area contributed by atoms with Gasteiger partial charge >= 0.3 is 6.09 Å². The van der Waals surface area contributed by atoms with Gasteiger partial charge in [0.1, 0.15) is 11.4 Å². The third-order valence-electron chi connectivity index (χ3n) is 4.27. The molecule has 1 saturated heterocycles. The molecule has 0 bridgehead atoms. The van der Waals surface area contributed by atoms with Crippen molar-refractivity contribution in [3.8, 4) is 5.75 Å². The van der Waals surface area contributed by atoms with Crippen molar-refractivity contribution < 1.29 is 23.9 Å². The van der Waals surface area contributed by atoms with Crippen LogP contribution in [0.15, 0.2) is 24.3 Å². The van der Waals surface area contributed by atoms with Gasteiger partial charge in [-0.05, 0) is 57.7 Å². The third-order valence-corrected chi connectivity index (χ3v) is 4.27. The Labute approximate surface area is 165 Å². The Morgan fingerprint density at radius 2 is 1.89 bits per heavy atom. The van der Waals surface area contributed by atoms with Crippen LogP contribution in [-0.2, 0) is 9.53 Å². The topological polar surface area (TPSA) is 111 Å². The van der Waals surface area contributed by atoms with E-state index in [1.54, 1.807) is 29.2 Å². The Morgan fingerprint density at radius 1 is 1.21 bits per heavy atom. The van der Waals surface area contributed by atoms with Gasteiger partial charge in [-0.2, -0.15) is 0 Å². The van der Waals surface area contributed by atoms with E-state index in [-0.39, 0.29) is 18.5 Å². The summed E-state index contributed by atoms with van der Waals surface area (Å²) in [7, 11) is 0. The molecular weight excluding hydrogens is 362 g/mol. The zero-order valence-corrected chi connectivity index (χ0v) is 16.7. The minimum absolute atomic E-state index is 0.208. The van der Waals surface area contributed by atoms with Gasteiger partial charge in [-0.1, -0.05) is 6.07 Å². The summed E-state index contributed by atoms with van der Waals surface area (Å²) in [4.78, 5) is 36.6. The van der Waals surface area contributed by atoms with Crippen LogP contribution in [0.25, 0.3) is 0 Å². The smallest absolute Gasteiger partial charge is 0.410 e. The molecule has 0 atom stereocenters. The molecular formula is C20H29N3O5. The summed E-state index contributed by atoms with van der Waals surface area (Å²) in [6, 6.07) is 6.77. The normalized spacial score (nSPS) is 15.0. The molecule has 1 aromatic carbocycles. The van der Waals surface area contributed by atoms with Crippen LogP contribution in [0.1, 0.15) is 44.0 Å². The van der Waals surface area contributed by atoms with Crippen molar-refractivity contribution in [2.45, 2.75) is 39.2 Å². The number of hydrogen-bond acceptors (Lipinski definition) is 5. The summed E-state index contributed by atoms with van der Waals surface area (Å²) in [5.74, 6) is -0.0688. The molecule has 0 unspecified atom stereocenters. The number of piperidine rings is 1. The lowest BCUT2D eigenvalue weighted by Gasteiger charge is -2.33. The Kier molecular flexibility index (Phi) is 7.25. The highest BCUT2D eigenvalue weighted by Gasteiger charge is 2.27. The summed E-state index contributed by atoms with van der Waals surface area (Å²) in [6.45, 7) is 7.14.